The molecule has 0 radical (unpaired) electrons. The van der Waals surface area contributed by atoms with Crippen molar-refractivity contribution in [1.82, 2.24) is 10.2 Å². The van der Waals surface area contributed by atoms with E-state index < -0.39 is 0 Å². The summed E-state index contributed by atoms with van der Waals surface area (Å²) in [5.74, 6) is 1.11. The predicted molar refractivity (Wildman–Crippen MR) is 74.5 cm³/mol. The van der Waals surface area contributed by atoms with Gasteiger partial charge in [0.2, 0.25) is 0 Å². The molecule has 2 heterocycles. The van der Waals surface area contributed by atoms with Gasteiger partial charge in [-0.25, -0.2) is 0 Å². The molecule has 1 aromatic heterocycles. The van der Waals surface area contributed by atoms with Crippen molar-refractivity contribution in [3.05, 3.63) is 16.8 Å². The van der Waals surface area contributed by atoms with E-state index in [9.17, 15) is 5.11 Å². The zero-order valence-electron chi connectivity index (χ0n) is 11.5. The maximum Gasteiger partial charge on any atom is 0.162 e. The fraction of sp³-hybridized carbons (Fsp3) is 0.615. The number of nitrogens with zero attached hydrogens (tertiary/aromatic N) is 3. The van der Waals surface area contributed by atoms with Gasteiger partial charge >= 0.3 is 0 Å². The van der Waals surface area contributed by atoms with E-state index in [1.54, 1.807) is 0 Å². The summed E-state index contributed by atoms with van der Waals surface area (Å²) < 4.78 is 0. The van der Waals surface area contributed by atoms with Crippen LogP contribution < -0.4 is 10.6 Å². The lowest BCUT2D eigenvalue weighted by molar-refractivity contribution is 0.202. The number of hydrogen-bond acceptors (Lipinski definition) is 5. The highest BCUT2D eigenvalue weighted by Crippen LogP contribution is 2.26. The van der Waals surface area contributed by atoms with Gasteiger partial charge in [-0.2, -0.15) is 5.10 Å². The zero-order chi connectivity index (χ0) is 14.0. The molecule has 1 aliphatic rings. The number of aromatic nitrogens is 2. The van der Waals surface area contributed by atoms with Gasteiger partial charge < -0.3 is 15.7 Å². The lowest BCUT2D eigenvalue weighted by Crippen LogP contribution is -2.37. The molecule has 1 aliphatic heterocycles. The summed E-state index contributed by atoms with van der Waals surface area (Å²) in [5, 5.41) is 25.3. The number of piperidine rings is 1. The van der Waals surface area contributed by atoms with Crippen molar-refractivity contribution in [1.29, 1.82) is 5.41 Å². The van der Waals surface area contributed by atoms with Crippen LogP contribution >= 0.6 is 0 Å². The highest BCUT2D eigenvalue weighted by molar-refractivity contribution is 6.01. The number of rotatable bonds is 3. The molecule has 0 spiro atoms. The van der Waals surface area contributed by atoms with Crippen molar-refractivity contribution in [3.8, 4) is 0 Å². The number of aliphatic hydroxyl groups is 1. The molecule has 0 amide bonds. The van der Waals surface area contributed by atoms with Crippen LogP contribution in [0, 0.1) is 25.2 Å². The fourth-order valence-electron chi connectivity index (χ4n) is 2.47. The summed E-state index contributed by atoms with van der Waals surface area (Å²) in [5.41, 5.74) is 8.11. The number of anilines is 1. The quantitative estimate of drug-likeness (QED) is 0.547. The molecule has 6 nitrogen and oxygen atoms in total. The molecule has 6 heteroatoms. The Bertz CT molecular complexity index is 480. The number of nitrogens with one attached hydrogen (secondary N) is 1. The summed E-state index contributed by atoms with van der Waals surface area (Å²) in [4.78, 5) is 2.11. The number of nitrogen functional groups attached to an aromatic ring is 1. The van der Waals surface area contributed by atoms with Crippen LogP contribution in [0.1, 0.15) is 29.7 Å². The van der Waals surface area contributed by atoms with Crippen molar-refractivity contribution >= 4 is 11.7 Å². The third-order valence-electron chi connectivity index (χ3n) is 3.88. The van der Waals surface area contributed by atoms with Crippen molar-refractivity contribution in [3.63, 3.8) is 0 Å². The Morgan fingerprint density at radius 3 is 2.53 bits per heavy atom. The minimum absolute atomic E-state index is 0.0368. The second-order valence-electron chi connectivity index (χ2n) is 5.14. The molecular weight excluding hydrogens is 242 g/mol. The van der Waals surface area contributed by atoms with Crippen LogP contribution in [0.2, 0.25) is 0 Å². The van der Waals surface area contributed by atoms with Gasteiger partial charge in [0, 0.05) is 19.7 Å². The molecule has 0 unspecified atom stereocenters. The number of aryl methyl sites for hydroxylation is 1. The monoisotopic (exact) mass is 263 g/mol. The topological polar surface area (TPSA) is 99.1 Å². The second kappa shape index (κ2) is 5.52. The fourth-order valence-corrected chi connectivity index (χ4v) is 2.47. The van der Waals surface area contributed by atoms with Crippen LogP contribution in [0.5, 0.6) is 0 Å². The van der Waals surface area contributed by atoms with Crippen LogP contribution in [0.4, 0.5) is 5.82 Å². The molecule has 0 aromatic carbocycles. The van der Waals surface area contributed by atoms with Gasteiger partial charge in [0.05, 0.1) is 11.3 Å². The van der Waals surface area contributed by atoms with E-state index >= 15 is 0 Å². The SMILES string of the molecule is Cc1nnc(N2CCC(CO)CC2)c(C(=N)N)c1C. The number of nitrogens with two attached hydrogens (primary N) is 1. The van der Waals surface area contributed by atoms with Gasteiger partial charge in [0.1, 0.15) is 5.84 Å². The Labute approximate surface area is 113 Å². The van der Waals surface area contributed by atoms with Crippen LogP contribution in [0.15, 0.2) is 0 Å². The van der Waals surface area contributed by atoms with Gasteiger partial charge in [0.15, 0.2) is 5.82 Å². The van der Waals surface area contributed by atoms with E-state index in [4.69, 9.17) is 11.1 Å². The highest BCUT2D eigenvalue weighted by Gasteiger charge is 2.24. The van der Waals surface area contributed by atoms with E-state index in [-0.39, 0.29) is 12.4 Å². The third-order valence-corrected chi connectivity index (χ3v) is 3.88. The van der Waals surface area contributed by atoms with E-state index in [1.807, 2.05) is 13.8 Å². The van der Waals surface area contributed by atoms with Gasteiger partial charge in [-0.1, -0.05) is 0 Å². The lowest BCUT2D eigenvalue weighted by Gasteiger charge is -2.33. The first-order valence-corrected chi connectivity index (χ1v) is 6.58. The van der Waals surface area contributed by atoms with Crippen molar-refractivity contribution < 1.29 is 5.11 Å². The summed E-state index contributed by atoms with van der Waals surface area (Å²) in [6, 6.07) is 0. The summed E-state index contributed by atoms with van der Waals surface area (Å²) >= 11 is 0. The van der Waals surface area contributed by atoms with Gasteiger partial charge in [0.25, 0.3) is 0 Å². The van der Waals surface area contributed by atoms with E-state index in [0.717, 1.165) is 37.2 Å². The Kier molecular flexibility index (Phi) is 3.99. The minimum atomic E-state index is 0.0368. The number of aliphatic hydroxyl groups excluding tert-OH is 1. The smallest absolute Gasteiger partial charge is 0.162 e. The number of hydrogen-bond donors (Lipinski definition) is 3. The molecule has 0 aliphatic carbocycles. The molecule has 0 saturated carbocycles. The molecular formula is C13H21N5O. The Morgan fingerprint density at radius 1 is 1.37 bits per heavy atom. The van der Waals surface area contributed by atoms with Crippen LogP contribution in [-0.2, 0) is 0 Å². The largest absolute Gasteiger partial charge is 0.396 e. The highest BCUT2D eigenvalue weighted by atomic mass is 16.3. The van der Waals surface area contributed by atoms with Crippen LogP contribution in [-0.4, -0.2) is 40.8 Å². The maximum atomic E-state index is 9.17. The van der Waals surface area contributed by atoms with E-state index in [1.165, 1.54) is 0 Å². The normalized spacial score (nSPS) is 16.7. The Hall–Kier alpha value is -1.69. The van der Waals surface area contributed by atoms with E-state index in [0.29, 0.717) is 17.3 Å². The molecule has 0 bridgehead atoms. The molecule has 1 aromatic rings. The molecule has 4 N–H and O–H groups in total. The van der Waals surface area contributed by atoms with Crippen molar-refractivity contribution in [2.75, 3.05) is 24.6 Å². The van der Waals surface area contributed by atoms with Gasteiger partial charge in [-0.15, -0.1) is 5.10 Å². The zero-order valence-corrected chi connectivity index (χ0v) is 11.5. The third kappa shape index (κ3) is 2.68. The molecule has 19 heavy (non-hydrogen) atoms. The minimum Gasteiger partial charge on any atom is -0.396 e. The van der Waals surface area contributed by atoms with Crippen molar-refractivity contribution in [2.24, 2.45) is 11.7 Å². The summed E-state index contributed by atoms with van der Waals surface area (Å²) in [7, 11) is 0. The average Bonchev–Trinajstić information content (AvgIpc) is 2.41. The predicted octanol–water partition coefficient (Wildman–Crippen LogP) is 0.586. The van der Waals surface area contributed by atoms with Crippen molar-refractivity contribution in [2.45, 2.75) is 26.7 Å². The first-order valence-electron chi connectivity index (χ1n) is 6.58. The standard InChI is InChI=1S/C13H21N5O/c1-8-9(2)16-17-13(11(8)12(14)15)18-5-3-10(7-19)4-6-18/h10,19H,3-7H2,1-2H3,(H3,14,15). The molecule has 2 rings (SSSR count). The summed E-state index contributed by atoms with van der Waals surface area (Å²) in [6.45, 7) is 5.68. The Balaban J connectivity index is 2.30. The second-order valence-corrected chi connectivity index (χ2v) is 5.14. The first kappa shape index (κ1) is 13.7. The van der Waals surface area contributed by atoms with E-state index in [2.05, 4.69) is 15.1 Å². The Morgan fingerprint density at radius 2 is 2.00 bits per heavy atom. The van der Waals surface area contributed by atoms with Crippen LogP contribution in [0.25, 0.3) is 0 Å². The number of amidine groups is 1. The molecule has 0 atom stereocenters. The average molecular weight is 263 g/mol. The molecule has 1 fully saturated rings. The van der Waals surface area contributed by atoms with Gasteiger partial charge in [-0.3, -0.25) is 5.41 Å². The molecule has 104 valence electrons. The lowest BCUT2D eigenvalue weighted by atomic mass is 9.97. The molecule has 1 saturated heterocycles. The van der Waals surface area contributed by atoms with Gasteiger partial charge in [-0.05, 0) is 38.2 Å². The van der Waals surface area contributed by atoms with Crippen LogP contribution in [0.3, 0.4) is 0 Å². The first-order chi connectivity index (χ1) is 9.04. The summed E-state index contributed by atoms with van der Waals surface area (Å²) in [6.07, 6.45) is 1.87. The maximum absolute atomic E-state index is 9.17.